The Morgan fingerprint density at radius 3 is 2.67 bits per heavy atom. The largest absolute Gasteiger partial charge is 0.295 e. The number of nitriles is 1. The summed E-state index contributed by atoms with van der Waals surface area (Å²) in [5.41, 5.74) is 2.02. The van der Waals surface area contributed by atoms with E-state index in [1.165, 1.54) is 32.1 Å². The zero-order valence-corrected chi connectivity index (χ0v) is 11.5. The fraction of sp³-hybridized carbons (Fsp3) is 0.533. The minimum Gasteiger partial charge on any atom is -0.295 e. The van der Waals surface area contributed by atoms with Crippen LogP contribution in [0.25, 0.3) is 0 Å². The molecule has 0 saturated heterocycles. The molecule has 18 heavy (non-hydrogen) atoms. The highest BCUT2D eigenvalue weighted by molar-refractivity contribution is 6.31. The highest BCUT2D eigenvalue weighted by Crippen LogP contribution is 2.24. The zero-order valence-electron chi connectivity index (χ0n) is 10.7. The molecule has 1 aliphatic rings. The van der Waals surface area contributed by atoms with Crippen molar-refractivity contribution in [3.8, 4) is 6.07 Å². The van der Waals surface area contributed by atoms with E-state index in [4.69, 9.17) is 11.6 Å². The summed E-state index contributed by atoms with van der Waals surface area (Å²) in [4.78, 5) is 0. The number of hydrogen-bond acceptors (Lipinski definition) is 2. The molecule has 3 heteroatoms. The van der Waals surface area contributed by atoms with Crippen LogP contribution in [0.3, 0.4) is 0 Å². The van der Waals surface area contributed by atoms with Gasteiger partial charge in [-0.2, -0.15) is 5.26 Å². The highest BCUT2D eigenvalue weighted by Gasteiger charge is 2.19. The van der Waals surface area contributed by atoms with Crippen LogP contribution >= 0.6 is 11.6 Å². The second-order valence-corrected chi connectivity index (χ2v) is 5.48. The third kappa shape index (κ3) is 3.25. The van der Waals surface area contributed by atoms with Gasteiger partial charge in [-0.25, -0.2) is 0 Å². The monoisotopic (exact) mass is 262 g/mol. The Labute approximate surface area is 114 Å². The number of hydrogen-bond donors (Lipinski definition) is 1. The molecule has 0 aromatic heterocycles. The summed E-state index contributed by atoms with van der Waals surface area (Å²) in [7, 11) is 0. The fourth-order valence-electron chi connectivity index (χ4n) is 2.50. The number of benzene rings is 1. The van der Waals surface area contributed by atoms with Crippen LogP contribution in [0.4, 0.5) is 0 Å². The first-order chi connectivity index (χ1) is 8.70. The molecule has 1 saturated carbocycles. The summed E-state index contributed by atoms with van der Waals surface area (Å²) in [6.07, 6.45) is 6.22. The van der Waals surface area contributed by atoms with Crippen molar-refractivity contribution in [3.05, 3.63) is 34.3 Å². The van der Waals surface area contributed by atoms with Gasteiger partial charge in [-0.1, -0.05) is 43.0 Å². The molecule has 0 aliphatic heterocycles. The van der Waals surface area contributed by atoms with Gasteiger partial charge in [-0.15, -0.1) is 0 Å². The predicted octanol–water partition coefficient (Wildman–Crippen LogP) is 4.14. The Hall–Kier alpha value is -1.04. The van der Waals surface area contributed by atoms with E-state index in [1.807, 2.05) is 25.1 Å². The Morgan fingerprint density at radius 2 is 2.06 bits per heavy atom. The van der Waals surface area contributed by atoms with E-state index in [1.54, 1.807) is 0 Å². The first kappa shape index (κ1) is 13.4. The summed E-state index contributed by atoms with van der Waals surface area (Å²) < 4.78 is 0. The van der Waals surface area contributed by atoms with Crippen molar-refractivity contribution >= 4 is 11.6 Å². The molecular formula is C15H19ClN2. The molecule has 1 atom stereocenters. The molecule has 1 unspecified atom stereocenters. The van der Waals surface area contributed by atoms with Crippen molar-refractivity contribution in [1.29, 1.82) is 5.26 Å². The van der Waals surface area contributed by atoms with Crippen molar-refractivity contribution in [3.63, 3.8) is 0 Å². The summed E-state index contributed by atoms with van der Waals surface area (Å²) in [5.74, 6) is 0. The average molecular weight is 263 g/mol. The second-order valence-electron chi connectivity index (χ2n) is 5.07. The molecular weight excluding hydrogens is 244 g/mol. The van der Waals surface area contributed by atoms with Crippen LogP contribution in [0.5, 0.6) is 0 Å². The zero-order chi connectivity index (χ0) is 13.0. The van der Waals surface area contributed by atoms with Crippen molar-refractivity contribution in [1.82, 2.24) is 5.32 Å². The van der Waals surface area contributed by atoms with Crippen molar-refractivity contribution in [2.24, 2.45) is 0 Å². The van der Waals surface area contributed by atoms with E-state index < -0.39 is 0 Å². The van der Waals surface area contributed by atoms with E-state index in [2.05, 4.69) is 11.4 Å². The third-order valence-electron chi connectivity index (χ3n) is 3.67. The van der Waals surface area contributed by atoms with Gasteiger partial charge in [-0.05, 0) is 37.0 Å². The van der Waals surface area contributed by atoms with Gasteiger partial charge in [0.15, 0.2) is 0 Å². The molecule has 1 N–H and O–H groups in total. The van der Waals surface area contributed by atoms with E-state index in [0.29, 0.717) is 6.04 Å². The van der Waals surface area contributed by atoms with Crippen molar-refractivity contribution in [2.45, 2.75) is 51.1 Å². The molecule has 96 valence electrons. The maximum Gasteiger partial charge on any atom is 0.121 e. The first-order valence-electron chi connectivity index (χ1n) is 6.62. The summed E-state index contributed by atoms with van der Waals surface area (Å²) >= 11 is 6.12. The topological polar surface area (TPSA) is 35.8 Å². The van der Waals surface area contributed by atoms with Crippen LogP contribution in [-0.4, -0.2) is 6.04 Å². The minimum absolute atomic E-state index is 0.244. The Bertz CT molecular complexity index is 444. The van der Waals surface area contributed by atoms with E-state index in [9.17, 15) is 5.26 Å². The van der Waals surface area contributed by atoms with Gasteiger partial charge in [0.1, 0.15) is 6.04 Å². The molecule has 0 radical (unpaired) electrons. The van der Waals surface area contributed by atoms with Crippen LogP contribution in [0.15, 0.2) is 18.2 Å². The Balaban J connectivity index is 2.07. The van der Waals surface area contributed by atoms with Crippen LogP contribution < -0.4 is 5.32 Å². The standard InChI is InChI=1S/C15H19ClN2/c1-11-7-8-12(9-14(11)16)15(10-17)18-13-5-3-2-4-6-13/h7-9,13,15,18H,2-6H2,1H3. The summed E-state index contributed by atoms with van der Waals surface area (Å²) in [6, 6.07) is 8.44. The van der Waals surface area contributed by atoms with Crippen molar-refractivity contribution in [2.75, 3.05) is 0 Å². The predicted molar refractivity (Wildman–Crippen MR) is 74.6 cm³/mol. The smallest absolute Gasteiger partial charge is 0.121 e. The molecule has 1 fully saturated rings. The molecule has 2 nitrogen and oxygen atoms in total. The molecule has 1 aromatic rings. The van der Waals surface area contributed by atoms with Gasteiger partial charge in [0, 0.05) is 11.1 Å². The quantitative estimate of drug-likeness (QED) is 0.889. The third-order valence-corrected chi connectivity index (χ3v) is 4.07. The molecule has 0 amide bonds. The highest BCUT2D eigenvalue weighted by atomic mass is 35.5. The lowest BCUT2D eigenvalue weighted by molar-refractivity contribution is 0.360. The van der Waals surface area contributed by atoms with Crippen LogP contribution in [0.2, 0.25) is 5.02 Å². The van der Waals surface area contributed by atoms with E-state index >= 15 is 0 Å². The molecule has 1 aliphatic carbocycles. The maximum absolute atomic E-state index is 9.31. The number of rotatable bonds is 3. The maximum atomic E-state index is 9.31. The molecule has 0 bridgehead atoms. The summed E-state index contributed by atoms with van der Waals surface area (Å²) in [6.45, 7) is 1.97. The van der Waals surface area contributed by atoms with Gasteiger partial charge in [0.05, 0.1) is 6.07 Å². The first-order valence-corrected chi connectivity index (χ1v) is 7.00. The Morgan fingerprint density at radius 1 is 1.33 bits per heavy atom. The van der Waals surface area contributed by atoms with Gasteiger partial charge >= 0.3 is 0 Å². The number of halogens is 1. The lowest BCUT2D eigenvalue weighted by Gasteiger charge is -2.25. The van der Waals surface area contributed by atoms with Gasteiger partial charge in [0.2, 0.25) is 0 Å². The van der Waals surface area contributed by atoms with Crippen LogP contribution in [-0.2, 0) is 0 Å². The van der Waals surface area contributed by atoms with E-state index in [0.717, 1.165) is 16.1 Å². The molecule has 0 heterocycles. The lowest BCUT2D eigenvalue weighted by Crippen LogP contribution is -2.33. The van der Waals surface area contributed by atoms with Crippen LogP contribution in [0, 0.1) is 18.3 Å². The molecule has 0 spiro atoms. The van der Waals surface area contributed by atoms with Gasteiger partial charge in [0.25, 0.3) is 0 Å². The summed E-state index contributed by atoms with van der Waals surface area (Å²) in [5, 5.41) is 13.5. The van der Waals surface area contributed by atoms with Gasteiger partial charge in [-0.3, -0.25) is 5.32 Å². The van der Waals surface area contributed by atoms with Crippen molar-refractivity contribution < 1.29 is 0 Å². The van der Waals surface area contributed by atoms with Gasteiger partial charge < -0.3 is 0 Å². The minimum atomic E-state index is -0.244. The normalized spacial score (nSPS) is 18.3. The lowest BCUT2D eigenvalue weighted by atomic mass is 9.94. The second kappa shape index (κ2) is 6.22. The Kier molecular flexibility index (Phi) is 4.63. The fourth-order valence-corrected chi connectivity index (χ4v) is 2.69. The van der Waals surface area contributed by atoms with Crippen LogP contribution in [0.1, 0.15) is 49.3 Å². The number of aryl methyl sites for hydroxylation is 1. The number of nitrogens with zero attached hydrogens (tertiary/aromatic N) is 1. The van der Waals surface area contributed by atoms with E-state index in [-0.39, 0.29) is 6.04 Å². The number of nitrogens with one attached hydrogen (secondary N) is 1. The molecule has 1 aromatic carbocycles. The average Bonchev–Trinajstić information content (AvgIpc) is 2.40. The molecule has 2 rings (SSSR count). The SMILES string of the molecule is Cc1ccc(C(C#N)NC2CCCCC2)cc1Cl.